The van der Waals surface area contributed by atoms with E-state index in [1.54, 1.807) is 0 Å². The molecule has 2 heterocycles. The summed E-state index contributed by atoms with van der Waals surface area (Å²) in [5, 5.41) is 0. The van der Waals surface area contributed by atoms with Gasteiger partial charge in [-0.15, -0.1) is 6.42 Å². The Hall–Kier alpha value is -2.68. The van der Waals surface area contributed by atoms with Crippen LogP contribution in [-0.4, -0.2) is 63.5 Å². The van der Waals surface area contributed by atoms with Crippen LogP contribution in [0.3, 0.4) is 0 Å². The second-order valence-electron chi connectivity index (χ2n) is 10.3. The zero-order chi connectivity index (χ0) is 24.6. The van der Waals surface area contributed by atoms with Crippen molar-refractivity contribution in [2.24, 2.45) is 5.92 Å². The van der Waals surface area contributed by atoms with E-state index in [1.165, 1.54) is 37.7 Å². The normalized spacial score (nSPS) is 20.5. The fourth-order valence-electron chi connectivity index (χ4n) is 6.25. The third-order valence-corrected chi connectivity index (χ3v) is 8.11. The summed E-state index contributed by atoms with van der Waals surface area (Å²) in [6.07, 6.45) is 13.4. The number of rotatable bonds is 9. The van der Waals surface area contributed by atoms with Crippen molar-refractivity contribution in [1.82, 2.24) is 4.90 Å². The number of terminal acetylenes is 1. The first-order valence-electron chi connectivity index (χ1n) is 13.8. The Morgan fingerprint density at radius 2 is 1.69 bits per heavy atom. The van der Waals surface area contributed by atoms with Crippen LogP contribution in [0.15, 0.2) is 48.5 Å². The highest BCUT2D eigenvalue weighted by Gasteiger charge is 2.33. The smallest absolute Gasteiger partial charge is 0.184 e. The van der Waals surface area contributed by atoms with Crippen LogP contribution in [0.25, 0.3) is 0 Å². The first kappa shape index (κ1) is 25.0. The van der Waals surface area contributed by atoms with Crippen molar-refractivity contribution >= 4 is 5.69 Å². The zero-order valence-electron chi connectivity index (χ0n) is 21.4. The highest BCUT2D eigenvalue weighted by atomic mass is 16.6. The van der Waals surface area contributed by atoms with Crippen LogP contribution in [0, 0.1) is 18.3 Å². The molecule has 2 aromatic rings. The van der Waals surface area contributed by atoms with E-state index < -0.39 is 0 Å². The number of piperazine rings is 1. The van der Waals surface area contributed by atoms with Crippen molar-refractivity contribution in [3.8, 4) is 23.8 Å². The van der Waals surface area contributed by atoms with Gasteiger partial charge >= 0.3 is 0 Å². The lowest BCUT2D eigenvalue weighted by molar-refractivity contribution is -0.00472. The van der Waals surface area contributed by atoms with Gasteiger partial charge in [0, 0.05) is 32.1 Å². The summed E-state index contributed by atoms with van der Waals surface area (Å²) in [7, 11) is 0. The number of para-hydroxylation sites is 1. The van der Waals surface area contributed by atoms with E-state index in [1.807, 2.05) is 6.07 Å². The summed E-state index contributed by atoms with van der Waals surface area (Å²) < 4.78 is 18.2. The number of nitrogens with zero attached hydrogens (tertiary/aromatic N) is 2. The monoisotopic (exact) mass is 488 g/mol. The molecule has 5 rings (SSSR count). The molecule has 1 aliphatic carbocycles. The highest BCUT2D eigenvalue weighted by Crippen LogP contribution is 2.40. The van der Waals surface area contributed by atoms with E-state index in [9.17, 15) is 0 Å². The first-order chi connectivity index (χ1) is 17.8. The molecule has 192 valence electrons. The van der Waals surface area contributed by atoms with Gasteiger partial charge in [0.1, 0.15) is 19.8 Å². The Morgan fingerprint density at radius 3 is 2.47 bits per heavy atom. The highest BCUT2D eigenvalue weighted by molar-refractivity contribution is 5.65. The van der Waals surface area contributed by atoms with E-state index in [2.05, 4.69) is 58.2 Å². The zero-order valence-corrected chi connectivity index (χ0v) is 21.4. The van der Waals surface area contributed by atoms with E-state index in [0.29, 0.717) is 31.7 Å². The summed E-state index contributed by atoms with van der Waals surface area (Å²) in [4.78, 5) is 5.05. The SMILES string of the molecule is C#CCOC(C1CCCCC1)C(CCN1CCN(c2cccc3c2OCCO3)CC1)c1ccccc1. The van der Waals surface area contributed by atoms with Crippen LogP contribution in [0.5, 0.6) is 11.5 Å². The standard InChI is InChI=1S/C31H40N2O3/c1-2-22-35-30(26-12-7-4-8-13-26)27(25-10-5-3-6-11-25)16-17-32-18-20-33(21-19-32)28-14-9-15-29-31(28)36-24-23-34-29/h1,3,5-6,9-11,14-15,26-27,30H,4,7-8,12-13,16-24H2. The van der Waals surface area contributed by atoms with Crippen molar-refractivity contribution in [3.05, 3.63) is 54.1 Å². The molecule has 0 aromatic heterocycles. The van der Waals surface area contributed by atoms with Crippen molar-refractivity contribution in [1.29, 1.82) is 0 Å². The predicted octanol–water partition coefficient (Wildman–Crippen LogP) is 5.35. The summed E-state index contributed by atoms with van der Waals surface area (Å²) >= 11 is 0. The summed E-state index contributed by atoms with van der Waals surface area (Å²) in [5.41, 5.74) is 2.55. The molecule has 5 heteroatoms. The van der Waals surface area contributed by atoms with Crippen molar-refractivity contribution < 1.29 is 14.2 Å². The van der Waals surface area contributed by atoms with Gasteiger partial charge in [0.05, 0.1) is 11.8 Å². The number of hydrogen-bond donors (Lipinski definition) is 0. The van der Waals surface area contributed by atoms with Crippen LogP contribution >= 0.6 is 0 Å². The Morgan fingerprint density at radius 1 is 0.917 bits per heavy atom. The second-order valence-corrected chi connectivity index (χ2v) is 10.3. The molecule has 0 N–H and O–H groups in total. The lowest BCUT2D eigenvalue weighted by Crippen LogP contribution is -2.47. The van der Waals surface area contributed by atoms with Gasteiger partial charge in [-0.3, -0.25) is 4.90 Å². The fourth-order valence-corrected chi connectivity index (χ4v) is 6.25. The maximum Gasteiger partial charge on any atom is 0.184 e. The largest absolute Gasteiger partial charge is 0.486 e. The molecule has 2 aliphatic heterocycles. The summed E-state index contributed by atoms with van der Waals surface area (Å²) in [5.74, 6) is 5.47. The van der Waals surface area contributed by atoms with Gasteiger partial charge in [-0.05, 0) is 49.4 Å². The molecule has 2 atom stereocenters. The van der Waals surface area contributed by atoms with Gasteiger partial charge < -0.3 is 19.1 Å². The van der Waals surface area contributed by atoms with E-state index in [4.69, 9.17) is 20.6 Å². The molecule has 2 unspecified atom stereocenters. The quantitative estimate of drug-likeness (QED) is 0.445. The minimum atomic E-state index is 0.193. The molecule has 1 saturated carbocycles. The third-order valence-electron chi connectivity index (χ3n) is 8.11. The van der Waals surface area contributed by atoms with Gasteiger partial charge in [-0.25, -0.2) is 0 Å². The number of hydrogen-bond acceptors (Lipinski definition) is 5. The Balaban J connectivity index is 1.24. The predicted molar refractivity (Wildman–Crippen MR) is 145 cm³/mol. The molecule has 2 aromatic carbocycles. The number of fused-ring (bicyclic) bond motifs is 1. The molecule has 0 spiro atoms. The Bertz CT molecular complexity index is 991. The van der Waals surface area contributed by atoms with Crippen molar-refractivity contribution in [3.63, 3.8) is 0 Å². The molecule has 0 bridgehead atoms. The maximum absolute atomic E-state index is 6.43. The fraction of sp³-hybridized carbons (Fsp3) is 0.548. The molecule has 2 fully saturated rings. The minimum absolute atomic E-state index is 0.193. The molecule has 3 aliphatic rings. The topological polar surface area (TPSA) is 34.2 Å². The average Bonchev–Trinajstić information content (AvgIpc) is 2.96. The average molecular weight is 489 g/mol. The molecule has 0 amide bonds. The Labute approximate surface area is 216 Å². The van der Waals surface area contributed by atoms with Crippen molar-refractivity contribution in [2.45, 2.75) is 50.5 Å². The van der Waals surface area contributed by atoms with Crippen LogP contribution in [0.2, 0.25) is 0 Å². The lowest BCUT2D eigenvalue weighted by Gasteiger charge is -2.39. The van der Waals surface area contributed by atoms with Crippen LogP contribution in [0.1, 0.15) is 50.0 Å². The lowest BCUT2D eigenvalue weighted by atomic mass is 9.76. The minimum Gasteiger partial charge on any atom is -0.486 e. The number of benzene rings is 2. The van der Waals surface area contributed by atoms with E-state index in [-0.39, 0.29) is 6.10 Å². The molecular formula is C31H40N2O3. The third kappa shape index (κ3) is 5.99. The van der Waals surface area contributed by atoms with Crippen molar-refractivity contribution in [2.75, 3.05) is 57.4 Å². The van der Waals surface area contributed by atoms with E-state index in [0.717, 1.165) is 56.3 Å². The molecule has 5 nitrogen and oxygen atoms in total. The van der Waals surface area contributed by atoms with Gasteiger partial charge in [0.15, 0.2) is 11.5 Å². The molecular weight excluding hydrogens is 448 g/mol. The summed E-state index contributed by atoms with van der Waals surface area (Å²) in [6, 6.07) is 17.2. The number of ether oxygens (including phenoxy) is 3. The van der Waals surface area contributed by atoms with Crippen LogP contribution in [0.4, 0.5) is 5.69 Å². The maximum atomic E-state index is 6.43. The van der Waals surface area contributed by atoms with Crippen LogP contribution < -0.4 is 14.4 Å². The first-order valence-corrected chi connectivity index (χ1v) is 13.8. The Kier molecular flexibility index (Phi) is 8.69. The van der Waals surface area contributed by atoms with Gasteiger partial charge in [0.2, 0.25) is 0 Å². The molecule has 1 saturated heterocycles. The number of anilines is 1. The van der Waals surface area contributed by atoms with Crippen LogP contribution in [-0.2, 0) is 4.74 Å². The van der Waals surface area contributed by atoms with Gasteiger partial charge in [0.25, 0.3) is 0 Å². The van der Waals surface area contributed by atoms with Gasteiger partial charge in [-0.1, -0.05) is 61.6 Å². The van der Waals surface area contributed by atoms with Gasteiger partial charge in [-0.2, -0.15) is 0 Å². The van der Waals surface area contributed by atoms with E-state index >= 15 is 0 Å². The molecule has 36 heavy (non-hydrogen) atoms. The second kappa shape index (κ2) is 12.5. The molecule has 0 radical (unpaired) electrons. The summed E-state index contributed by atoms with van der Waals surface area (Å²) in [6.45, 7) is 6.80.